The molecule has 0 aliphatic rings. The summed E-state index contributed by atoms with van der Waals surface area (Å²) in [5.74, 6) is 4.99. The third-order valence-electron chi connectivity index (χ3n) is 2.54. The van der Waals surface area contributed by atoms with Crippen molar-refractivity contribution in [1.82, 2.24) is 15.3 Å². The lowest BCUT2D eigenvalue weighted by Crippen LogP contribution is -2.27. The Bertz CT molecular complexity index is 644. The second-order valence-corrected chi connectivity index (χ2v) is 4.87. The largest absolute Gasteiger partial charge is 0.384 e. The van der Waals surface area contributed by atoms with Crippen LogP contribution in [0.2, 0.25) is 0 Å². The molecule has 0 aromatic carbocycles. The Labute approximate surface area is 120 Å². The maximum atomic E-state index is 12.2. The summed E-state index contributed by atoms with van der Waals surface area (Å²) in [6.45, 7) is 1.61. The molecule has 2 N–H and O–H groups in total. The van der Waals surface area contributed by atoms with Gasteiger partial charge in [0.05, 0.1) is 17.2 Å². The number of amides is 1. The van der Waals surface area contributed by atoms with Crippen molar-refractivity contribution >= 4 is 17.2 Å². The van der Waals surface area contributed by atoms with Gasteiger partial charge < -0.3 is 10.4 Å². The van der Waals surface area contributed by atoms with Gasteiger partial charge in [-0.3, -0.25) is 9.78 Å². The lowest BCUT2D eigenvalue weighted by molar-refractivity contribution is 0.0939. The fourth-order valence-corrected chi connectivity index (χ4v) is 2.26. The van der Waals surface area contributed by atoms with Crippen LogP contribution >= 0.6 is 11.3 Å². The van der Waals surface area contributed by atoms with Crippen molar-refractivity contribution in [1.29, 1.82) is 0 Å². The van der Waals surface area contributed by atoms with Crippen molar-refractivity contribution in [2.75, 3.05) is 6.61 Å². The number of aliphatic hydroxyl groups excluding tert-OH is 1. The average Bonchev–Trinajstić information content (AvgIpc) is 2.99. The van der Waals surface area contributed by atoms with Crippen molar-refractivity contribution in [2.24, 2.45) is 0 Å². The van der Waals surface area contributed by atoms with E-state index in [-0.39, 0.29) is 18.6 Å². The van der Waals surface area contributed by atoms with Gasteiger partial charge in [-0.1, -0.05) is 11.8 Å². The van der Waals surface area contributed by atoms with Crippen LogP contribution in [0.3, 0.4) is 0 Å². The molecule has 0 fully saturated rings. The van der Waals surface area contributed by atoms with Crippen LogP contribution in [0.4, 0.5) is 0 Å². The van der Waals surface area contributed by atoms with Crippen LogP contribution in [0, 0.1) is 11.8 Å². The van der Waals surface area contributed by atoms with E-state index in [4.69, 9.17) is 5.11 Å². The molecule has 1 unspecified atom stereocenters. The Balaban J connectivity index is 2.17. The number of nitrogens with one attached hydrogen (secondary N) is 1. The molecule has 0 aliphatic carbocycles. The smallest absolute Gasteiger partial charge is 0.253 e. The normalized spacial score (nSPS) is 11.3. The number of carbonyl (C=O) groups excluding carboxylic acids is 1. The molecule has 1 atom stereocenters. The second-order valence-electron chi connectivity index (χ2n) is 3.95. The summed E-state index contributed by atoms with van der Waals surface area (Å²) in [5.41, 5.74) is 0.926. The Kier molecular flexibility index (Phi) is 4.82. The zero-order chi connectivity index (χ0) is 14.4. The highest BCUT2D eigenvalue weighted by atomic mass is 32.1. The van der Waals surface area contributed by atoms with Gasteiger partial charge in [0.15, 0.2) is 0 Å². The summed E-state index contributed by atoms with van der Waals surface area (Å²) in [7, 11) is 0. The molecule has 2 rings (SSSR count). The topological polar surface area (TPSA) is 75.1 Å². The minimum Gasteiger partial charge on any atom is -0.384 e. The highest BCUT2D eigenvalue weighted by molar-refractivity contribution is 7.09. The summed E-state index contributed by atoms with van der Waals surface area (Å²) in [6.07, 6.45) is 4.74. The van der Waals surface area contributed by atoms with Gasteiger partial charge in [-0.15, -0.1) is 11.3 Å². The van der Waals surface area contributed by atoms with Gasteiger partial charge in [0.2, 0.25) is 0 Å². The standard InChI is InChI=1S/C14H13N3O2S/c1-10(14-16-6-8-20-14)17-13(19)12-4-5-15-9-11(12)3-2-7-18/h4-6,8-10,18H,7H2,1H3,(H,17,19). The van der Waals surface area contributed by atoms with Gasteiger partial charge in [0.1, 0.15) is 11.6 Å². The lowest BCUT2D eigenvalue weighted by atomic mass is 10.1. The average molecular weight is 287 g/mol. The van der Waals surface area contributed by atoms with Gasteiger partial charge >= 0.3 is 0 Å². The molecule has 0 aliphatic heterocycles. The van der Waals surface area contributed by atoms with Crippen LogP contribution in [0.15, 0.2) is 30.0 Å². The van der Waals surface area contributed by atoms with E-state index in [1.54, 1.807) is 12.3 Å². The number of pyridine rings is 1. The van der Waals surface area contributed by atoms with Crippen LogP contribution in [0.1, 0.15) is 33.9 Å². The number of hydrogen-bond donors (Lipinski definition) is 2. The molecule has 102 valence electrons. The summed E-state index contributed by atoms with van der Waals surface area (Å²) in [6, 6.07) is 1.43. The quantitative estimate of drug-likeness (QED) is 0.836. The predicted octanol–water partition coefficient (Wildman–Crippen LogP) is 1.37. The minimum atomic E-state index is -0.258. The highest BCUT2D eigenvalue weighted by Gasteiger charge is 2.15. The first kappa shape index (κ1) is 14.2. The van der Waals surface area contributed by atoms with Gasteiger partial charge in [-0.05, 0) is 13.0 Å². The number of aromatic nitrogens is 2. The van der Waals surface area contributed by atoms with Crippen LogP contribution < -0.4 is 5.32 Å². The molecular formula is C14H13N3O2S. The molecule has 0 spiro atoms. The maximum absolute atomic E-state index is 12.2. The van der Waals surface area contributed by atoms with Gasteiger partial charge in [-0.2, -0.15) is 0 Å². The third kappa shape index (κ3) is 3.41. The van der Waals surface area contributed by atoms with E-state index in [1.807, 2.05) is 12.3 Å². The van der Waals surface area contributed by atoms with Crippen LogP contribution in [0.25, 0.3) is 0 Å². The van der Waals surface area contributed by atoms with E-state index < -0.39 is 0 Å². The predicted molar refractivity (Wildman–Crippen MR) is 76.2 cm³/mol. The Morgan fingerprint density at radius 3 is 3.10 bits per heavy atom. The molecule has 20 heavy (non-hydrogen) atoms. The van der Waals surface area contributed by atoms with Crippen LogP contribution in [-0.2, 0) is 0 Å². The first-order chi connectivity index (χ1) is 9.72. The molecule has 6 heteroatoms. The zero-order valence-electron chi connectivity index (χ0n) is 10.8. The third-order valence-corrected chi connectivity index (χ3v) is 3.50. The fraction of sp³-hybridized carbons (Fsp3) is 0.214. The van der Waals surface area contributed by atoms with Crippen molar-refractivity contribution in [3.8, 4) is 11.8 Å². The first-order valence-corrected chi connectivity index (χ1v) is 6.84. The molecule has 0 saturated heterocycles. The maximum Gasteiger partial charge on any atom is 0.253 e. The fourth-order valence-electron chi connectivity index (χ4n) is 1.61. The monoisotopic (exact) mass is 287 g/mol. The zero-order valence-corrected chi connectivity index (χ0v) is 11.6. The van der Waals surface area contributed by atoms with Gasteiger partial charge in [0.25, 0.3) is 5.91 Å². The van der Waals surface area contributed by atoms with Gasteiger partial charge in [0, 0.05) is 24.0 Å². The number of nitrogens with zero attached hydrogens (tertiary/aromatic N) is 2. The number of rotatable bonds is 3. The molecule has 0 radical (unpaired) electrons. The summed E-state index contributed by atoms with van der Waals surface area (Å²) >= 11 is 1.49. The van der Waals surface area contributed by atoms with E-state index in [2.05, 4.69) is 27.1 Å². The van der Waals surface area contributed by atoms with Crippen molar-refractivity contribution in [3.63, 3.8) is 0 Å². The molecule has 5 nitrogen and oxygen atoms in total. The first-order valence-electron chi connectivity index (χ1n) is 5.96. The molecule has 0 bridgehead atoms. The van der Waals surface area contributed by atoms with Crippen molar-refractivity contribution < 1.29 is 9.90 Å². The SMILES string of the molecule is CC(NC(=O)c1ccncc1C#CCO)c1nccs1. The number of aliphatic hydroxyl groups is 1. The molecule has 1 amide bonds. The van der Waals surface area contributed by atoms with E-state index >= 15 is 0 Å². The van der Waals surface area contributed by atoms with Crippen molar-refractivity contribution in [3.05, 3.63) is 46.2 Å². The number of carbonyl (C=O) groups is 1. The van der Waals surface area contributed by atoms with Gasteiger partial charge in [-0.25, -0.2) is 4.98 Å². The number of thiazole rings is 1. The van der Waals surface area contributed by atoms with Crippen LogP contribution in [0.5, 0.6) is 0 Å². The molecule has 2 aromatic heterocycles. The van der Waals surface area contributed by atoms with Crippen molar-refractivity contribution in [2.45, 2.75) is 13.0 Å². The molecule has 2 aromatic rings. The Hall–Kier alpha value is -2.23. The molecule has 0 saturated carbocycles. The summed E-state index contributed by atoms with van der Waals surface area (Å²) in [5, 5.41) is 14.3. The van der Waals surface area contributed by atoms with E-state index in [9.17, 15) is 4.79 Å². The second kappa shape index (κ2) is 6.80. The summed E-state index contributed by atoms with van der Waals surface area (Å²) in [4.78, 5) is 20.3. The van der Waals surface area contributed by atoms with Crippen LogP contribution in [-0.4, -0.2) is 27.6 Å². The highest BCUT2D eigenvalue weighted by Crippen LogP contribution is 2.16. The molecule has 2 heterocycles. The minimum absolute atomic E-state index is 0.172. The summed E-state index contributed by atoms with van der Waals surface area (Å²) < 4.78 is 0. The Morgan fingerprint density at radius 2 is 2.40 bits per heavy atom. The van der Waals surface area contributed by atoms with E-state index in [0.717, 1.165) is 5.01 Å². The number of hydrogen-bond acceptors (Lipinski definition) is 5. The Morgan fingerprint density at radius 1 is 1.55 bits per heavy atom. The molecular weight excluding hydrogens is 274 g/mol. The lowest BCUT2D eigenvalue weighted by Gasteiger charge is -2.11. The van der Waals surface area contributed by atoms with E-state index in [0.29, 0.717) is 11.1 Å². The van der Waals surface area contributed by atoms with E-state index in [1.165, 1.54) is 23.7 Å².